The fourth-order valence-corrected chi connectivity index (χ4v) is 1.89. The molecule has 22 heavy (non-hydrogen) atoms. The number of rotatable bonds is 6. The number of esters is 2. The Morgan fingerprint density at radius 3 is 2.50 bits per heavy atom. The number of carbonyl (C=O) groups excluding carboxylic acids is 2. The summed E-state index contributed by atoms with van der Waals surface area (Å²) in [6.07, 6.45) is 0.947. The van der Waals surface area contributed by atoms with Crippen molar-refractivity contribution in [2.24, 2.45) is 0 Å². The molecule has 0 saturated heterocycles. The van der Waals surface area contributed by atoms with Crippen LogP contribution in [0.25, 0.3) is 0 Å². The molecule has 4 nitrogen and oxygen atoms in total. The van der Waals surface area contributed by atoms with Gasteiger partial charge in [0.2, 0.25) is 0 Å². The smallest absolute Gasteiger partial charge is 0.338 e. The third-order valence-corrected chi connectivity index (χ3v) is 2.93. The second-order valence-electron chi connectivity index (χ2n) is 4.80. The van der Waals surface area contributed by atoms with Crippen molar-refractivity contribution in [1.29, 1.82) is 0 Å². The van der Waals surface area contributed by atoms with E-state index in [-0.39, 0.29) is 12.4 Å². The molecule has 4 heteroatoms. The van der Waals surface area contributed by atoms with E-state index in [4.69, 9.17) is 9.47 Å². The van der Waals surface area contributed by atoms with Crippen LogP contribution in [-0.2, 0) is 16.0 Å². The van der Waals surface area contributed by atoms with Gasteiger partial charge in [-0.2, -0.15) is 0 Å². The first kappa shape index (κ1) is 15.8. The van der Waals surface area contributed by atoms with Crippen molar-refractivity contribution in [3.05, 3.63) is 65.7 Å². The molecule has 0 heterocycles. The minimum absolute atomic E-state index is 0.186. The van der Waals surface area contributed by atoms with Crippen molar-refractivity contribution < 1.29 is 19.1 Å². The quantitative estimate of drug-likeness (QED) is 0.606. The molecule has 0 aliphatic rings. The molecule has 0 spiro atoms. The highest BCUT2D eigenvalue weighted by Crippen LogP contribution is 2.15. The lowest BCUT2D eigenvalue weighted by atomic mass is 10.1. The molecule has 0 unspecified atom stereocenters. The molecule has 0 amide bonds. The van der Waals surface area contributed by atoms with Gasteiger partial charge in [0.05, 0.1) is 18.6 Å². The summed E-state index contributed by atoms with van der Waals surface area (Å²) in [4.78, 5) is 23.7. The molecule has 0 aliphatic carbocycles. The molecule has 0 radical (unpaired) electrons. The lowest BCUT2D eigenvalue weighted by molar-refractivity contribution is -0.133. The van der Waals surface area contributed by atoms with Crippen LogP contribution < -0.4 is 4.74 Å². The number of carbonyl (C=O) groups is 2. The summed E-state index contributed by atoms with van der Waals surface area (Å²) in [5.41, 5.74) is 1.25. The highest BCUT2D eigenvalue weighted by Gasteiger charge is 2.10. The molecular formula is C18H18O4. The lowest BCUT2D eigenvalue weighted by Gasteiger charge is -2.07. The fraction of sp³-hybridized carbons (Fsp3) is 0.222. The summed E-state index contributed by atoms with van der Waals surface area (Å²) in [5, 5.41) is 0. The largest absolute Gasteiger partial charge is 0.462 e. The van der Waals surface area contributed by atoms with Crippen LogP contribution in [-0.4, -0.2) is 18.5 Å². The van der Waals surface area contributed by atoms with E-state index in [0.29, 0.717) is 17.9 Å². The van der Waals surface area contributed by atoms with Gasteiger partial charge < -0.3 is 9.47 Å². The van der Waals surface area contributed by atoms with Crippen molar-refractivity contribution >= 4 is 11.9 Å². The van der Waals surface area contributed by atoms with E-state index in [1.165, 1.54) is 6.07 Å². The van der Waals surface area contributed by atoms with Gasteiger partial charge in [0.15, 0.2) is 0 Å². The van der Waals surface area contributed by atoms with E-state index in [1.807, 2.05) is 37.3 Å². The molecule has 0 bridgehead atoms. The maximum atomic E-state index is 11.9. The molecule has 2 aromatic rings. The topological polar surface area (TPSA) is 52.6 Å². The number of hydrogen-bond donors (Lipinski definition) is 0. The Bertz CT molecular complexity index is 635. The minimum Gasteiger partial charge on any atom is -0.462 e. The Morgan fingerprint density at radius 2 is 1.77 bits per heavy atom. The van der Waals surface area contributed by atoms with Crippen LogP contribution in [0, 0.1) is 0 Å². The van der Waals surface area contributed by atoms with E-state index >= 15 is 0 Å². The van der Waals surface area contributed by atoms with Crippen LogP contribution >= 0.6 is 0 Å². The molecule has 0 saturated carbocycles. The zero-order chi connectivity index (χ0) is 15.8. The van der Waals surface area contributed by atoms with Crippen molar-refractivity contribution in [2.75, 3.05) is 6.61 Å². The lowest BCUT2D eigenvalue weighted by Crippen LogP contribution is -2.12. The first-order chi connectivity index (χ1) is 10.7. The normalized spacial score (nSPS) is 10.0. The van der Waals surface area contributed by atoms with Crippen LogP contribution in [0.15, 0.2) is 54.6 Å². The predicted octanol–water partition coefficient (Wildman–Crippen LogP) is 3.40. The van der Waals surface area contributed by atoms with Gasteiger partial charge in [-0.25, -0.2) is 4.79 Å². The summed E-state index contributed by atoms with van der Waals surface area (Å²) in [6.45, 7) is 2.30. The molecule has 0 atom stereocenters. The summed E-state index contributed by atoms with van der Waals surface area (Å²) in [6, 6.07) is 15.8. The Labute approximate surface area is 129 Å². The molecule has 2 aromatic carbocycles. The van der Waals surface area contributed by atoms with Crippen LogP contribution in [0.2, 0.25) is 0 Å². The summed E-state index contributed by atoms with van der Waals surface area (Å²) < 4.78 is 10.3. The van der Waals surface area contributed by atoms with Gasteiger partial charge in [-0.05, 0) is 30.2 Å². The van der Waals surface area contributed by atoms with Crippen LogP contribution in [0.4, 0.5) is 0 Å². The molecule has 2 rings (SSSR count). The second kappa shape index (κ2) is 7.98. The Kier molecular flexibility index (Phi) is 5.72. The van der Waals surface area contributed by atoms with Crippen LogP contribution in [0.5, 0.6) is 5.75 Å². The maximum Gasteiger partial charge on any atom is 0.338 e. The van der Waals surface area contributed by atoms with Gasteiger partial charge >= 0.3 is 11.9 Å². The van der Waals surface area contributed by atoms with E-state index in [0.717, 1.165) is 12.0 Å². The van der Waals surface area contributed by atoms with E-state index in [9.17, 15) is 9.59 Å². The number of benzene rings is 2. The molecular weight excluding hydrogens is 280 g/mol. The van der Waals surface area contributed by atoms with Crippen molar-refractivity contribution in [3.8, 4) is 5.75 Å². The number of ether oxygens (including phenoxy) is 2. The summed E-state index contributed by atoms with van der Waals surface area (Å²) in [5.74, 6) is -0.444. The average molecular weight is 298 g/mol. The predicted molar refractivity (Wildman–Crippen MR) is 82.8 cm³/mol. The minimum atomic E-state index is -0.414. The molecule has 114 valence electrons. The summed E-state index contributed by atoms with van der Waals surface area (Å²) in [7, 11) is 0. The van der Waals surface area contributed by atoms with Gasteiger partial charge in [0, 0.05) is 0 Å². The third kappa shape index (κ3) is 4.74. The molecule has 0 N–H and O–H groups in total. The fourth-order valence-electron chi connectivity index (χ4n) is 1.89. The van der Waals surface area contributed by atoms with E-state index in [1.54, 1.807) is 18.2 Å². The summed E-state index contributed by atoms with van der Waals surface area (Å²) >= 11 is 0. The Morgan fingerprint density at radius 1 is 1.00 bits per heavy atom. The highest BCUT2D eigenvalue weighted by atomic mass is 16.5. The van der Waals surface area contributed by atoms with Crippen molar-refractivity contribution in [3.63, 3.8) is 0 Å². The van der Waals surface area contributed by atoms with Crippen LogP contribution in [0.3, 0.4) is 0 Å². The maximum absolute atomic E-state index is 11.9. The average Bonchev–Trinajstić information content (AvgIpc) is 2.53. The van der Waals surface area contributed by atoms with Crippen molar-refractivity contribution in [1.82, 2.24) is 0 Å². The van der Waals surface area contributed by atoms with Gasteiger partial charge in [0.1, 0.15) is 5.75 Å². The third-order valence-electron chi connectivity index (χ3n) is 2.93. The van der Waals surface area contributed by atoms with E-state index in [2.05, 4.69) is 0 Å². The van der Waals surface area contributed by atoms with Gasteiger partial charge in [-0.3, -0.25) is 4.79 Å². The second-order valence-corrected chi connectivity index (χ2v) is 4.80. The standard InChI is InChI=1S/C18H18O4/c1-2-11-21-18(20)15-9-6-10-16(13-15)22-17(19)12-14-7-4-3-5-8-14/h3-10,13H,2,11-12H2,1H3. The molecule has 0 aliphatic heterocycles. The van der Waals surface area contributed by atoms with Gasteiger partial charge in [-0.15, -0.1) is 0 Å². The SMILES string of the molecule is CCCOC(=O)c1cccc(OC(=O)Cc2ccccc2)c1. The first-order valence-corrected chi connectivity index (χ1v) is 7.21. The monoisotopic (exact) mass is 298 g/mol. The highest BCUT2D eigenvalue weighted by molar-refractivity contribution is 5.90. The van der Waals surface area contributed by atoms with E-state index < -0.39 is 5.97 Å². The zero-order valence-corrected chi connectivity index (χ0v) is 12.5. The van der Waals surface area contributed by atoms with Gasteiger partial charge in [0.25, 0.3) is 0 Å². The number of hydrogen-bond acceptors (Lipinski definition) is 4. The molecule has 0 aromatic heterocycles. The van der Waals surface area contributed by atoms with Crippen LogP contribution in [0.1, 0.15) is 29.3 Å². The Balaban J connectivity index is 1.98. The first-order valence-electron chi connectivity index (χ1n) is 7.21. The van der Waals surface area contributed by atoms with Gasteiger partial charge in [-0.1, -0.05) is 43.3 Å². The molecule has 0 fully saturated rings. The van der Waals surface area contributed by atoms with Crippen molar-refractivity contribution in [2.45, 2.75) is 19.8 Å². The zero-order valence-electron chi connectivity index (χ0n) is 12.5. The Hall–Kier alpha value is -2.62.